The number of fused-ring (bicyclic) bond motifs is 1. The van der Waals surface area contributed by atoms with Crippen LogP contribution >= 0.6 is 0 Å². The van der Waals surface area contributed by atoms with Gasteiger partial charge in [-0.15, -0.1) is 0 Å². The van der Waals surface area contributed by atoms with Crippen LogP contribution in [-0.4, -0.2) is 84.0 Å². The number of benzene rings is 2. The van der Waals surface area contributed by atoms with E-state index in [2.05, 4.69) is 5.32 Å². The fraction of sp³-hybridized carbons (Fsp3) is 0.296. The number of rotatable bonds is 10. The fourth-order valence-corrected chi connectivity index (χ4v) is 4.45. The highest BCUT2D eigenvalue weighted by Gasteiger charge is 2.43. The summed E-state index contributed by atoms with van der Waals surface area (Å²) in [6.45, 7) is 1.54. The number of nitrogens with zero attached hydrogens (tertiary/aromatic N) is 2. The molecule has 1 atom stereocenters. The lowest BCUT2D eigenvalue weighted by molar-refractivity contribution is -0.147. The predicted octanol–water partition coefficient (Wildman–Crippen LogP) is 1.13. The lowest BCUT2D eigenvalue weighted by Crippen LogP contribution is -2.47. The lowest BCUT2D eigenvalue weighted by atomic mass is 10.0. The maximum absolute atomic E-state index is 13.0. The molecule has 2 N–H and O–H groups in total. The van der Waals surface area contributed by atoms with Crippen molar-refractivity contribution in [2.24, 2.45) is 0 Å². The first-order chi connectivity index (χ1) is 18.3. The van der Waals surface area contributed by atoms with E-state index in [9.17, 15) is 29.1 Å². The first kappa shape index (κ1) is 26.6. The number of amides is 3. The molecule has 2 heterocycles. The number of esters is 2. The molecule has 0 bridgehead atoms. The van der Waals surface area contributed by atoms with Crippen molar-refractivity contribution in [3.05, 3.63) is 76.5 Å². The monoisotopic (exact) mass is 521 g/mol. The van der Waals surface area contributed by atoms with Gasteiger partial charge >= 0.3 is 11.9 Å². The van der Waals surface area contributed by atoms with Crippen LogP contribution in [0.2, 0.25) is 0 Å². The molecule has 38 heavy (non-hydrogen) atoms. The molecule has 2 aromatic carbocycles. The average molecular weight is 522 g/mol. The highest BCUT2D eigenvalue weighted by molar-refractivity contribution is 6.22. The molecule has 11 heteroatoms. The summed E-state index contributed by atoms with van der Waals surface area (Å²) in [5, 5.41) is 12.2. The van der Waals surface area contributed by atoms with Gasteiger partial charge in [0.1, 0.15) is 11.7 Å². The van der Waals surface area contributed by atoms with Crippen LogP contribution in [0.25, 0.3) is 0 Å². The summed E-state index contributed by atoms with van der Waals surface area (Å²) in [6, 6.07) is 11.9. The number of imide groups is 1. The van der Waals surface area contributed by atoms with E-state index in [0.717, 1.165) is 4.90 Å². The minimum absolute atomic E-state index is 0.00792. The van der Waals surface area contributed by atoms with Crippen LogP contribution in [0, 0.1) is 0 Å². The number of carbonyl (C=O) groups excluding carboxylic acids is 5. The Balaban J connectivity index is 1.55. The standard InChI is InChI=1S/C27H27N3O8/c1-3-38-27(36)21(30-23(32)18-6-4-5-7-19(18)24(30)33)14-16-8-10-17(11-9-16)28-22-20(26(35)37-2)15-29(12-13-31)25(22)34/h4-11,21,28,31H,3,12-15H2,1-2H3. The van der Waals surface area contributed by atoms with Gasteiger partial charge in [0.2, 0.25) is 0 Å². The summed E-state index contributed by atoms with van der Waals surface area (Å²) in [4.78, 5) is 66.1. The molecular weight excluding hydrogens is 494 g/mol. The number of aliphatic hydroxyl groups excluding tert-OH is 1. The van der Waals surface area contributed by atoms with E-state index in [0.29, 0.717) is 11.3 Å². The maximum atomic E-state index is 13.0. The Hall–Kier alpha value is -4.51. The van der Waals surface area contributed by atoms with Crippen LogP contribution in [0.1, 0.15) is 33.2 Å². The quantitative estimate of drug-likeness (QED) is 0.347. The number of nitrogens with one attached hydrogen (secondary N) is 1. The number of anilines is 1. The summed E-state index contributed by atoms with van der Waals surface area (Å²) in [5.41, 5.74) is 1.77. The van der Waals surface area contributed by atoms with Gasteiger partial charge in [-0.25, -0.2) is 9.59 Å². The second-order valence-corrected chi connectivity index (χ2v) is 8.62. The topological polar surface area (TPSA) is 143 Å². The molecule has 0 fully saturated rings. The van der Waals surface area contributed by atoms with Gasteiger partial charge in [0.05, 0.1) is 43.6 Å². The summed E-state index contributed by atoms with van der Waals surface area (Å²) >= 11 is 0. The number of aliphatic hydroxyl groups is 1. The van der Waals surface area contributed by atoms with Gasteiger partial charge in [0, 0.05) is 18.7 Å². The Morgan fingerprint density at radius 3 is 2.18 bits per heavy atom. The Kier molecular flexibility index (Phi) is 7.87. The predicted molar refractivity (Wildman–Crippen MR) is 134 cm³/mol. The van der Waals surface area contributed by atoms with Gasteiger partial charge in [-0.05, 0) is 36.8 Å². The van der Waals surface area contributed by atoms with E-state index < -0.39 is 35.7 Å². The molecule has 0 saturated carbocycles. The van der Waals surface area contributed by atoms with Crippen molar-refractivity contribution in [1.29, 1.82) is 0 Å². The largest absolute Gasteiger partial charge is 0.466 e. The smallest absolute Gasteiger partial charge is 0.337 e. The normalized spacial score (nSPS) is 15.6. The van der Waals surface area contributed by atoms with E-state index in [1.54, 1.807) is 55.5 Å². The van der Waals surface area contributed by atoms with E-state index in [1.807, 2.05) is 0 Å². The number of β-amino-alcohol motifs (C(OH)–C–C–N with tert-alkyl or cyclic N) is 1. The molecular formula is C27H27N3O8. The number of carbonyl (C=O) groups is 5. The number of ether oxygens (including phenoxy) is 2. The third-order valence-electron chi connectivity index (χ3n) is 6.30. The highest BCUT2D eigenvalue weighted by Crippen LogP contribution is 2.27. The Bertz CT molecular complexity index is 1280. The molecule has 1 unspecified atom stereocenters. The van der Waals surface area contributed by atoms with Crippen LogP contribution in [0.15, 0.2) is 59.8 Å². The van der Waals surface area contributed by atoms with E-state index in [4.69, 9.17) is 9.47 Å². The van der Waals surface area contributed by atoms with Crippen LogP contribution in [0.5, 0.6) is 0 Å². The number of hydrogen-bond donors (Lipinski definition) is 2. The second-order valence-electron chi connectivity index (χ2n) is 8.62. The molecule has 0 saturated heterocycles. The van der Waals surface area contributed by atoms with E-state index in [1.165, 1.54) is 12.0 Å². The SMILES string of the molecule is CCOC(=O)C(Cc1ccc(NC2=C(C(=O)OC)CN(CCO)C2=O)cc1)N1C(=O)c2ccccc2C1=O. The third kappa shape index (κ3) is 5.00. The Morgan fingerprint density at radius 2 is 1.63 bits per heavy atom. The fourth-order valence-electron chi connectivity index (χ4n) is 4.45. The zero-order chi connectivity index (χ0) is 27.4. The molecule has 0 aliphatic carbocycles. The molecule has 2 aromatic rings. The first-order valence-electron chi connectivity index (χ1n) is 12.0. The summed E-state index contributed by atoms with van der Waals surface area (Å²) in [7, 11) is 1.22. The van der Waals surface area contributed by atoms with Gasteiger partial charge < -0.3 is 24.8 Å². The second kappa shape index (κ2) is 11.3. The molecule has 2 aliphatic rings. The third-order valence-corrected chi connectivity index (χ3v) is 6.30. The molecule has 11 nitrogen and oxygen atoms in total. The van der Waals surface area contributed by atoms with Crippen molar-refractivity contribution in [2.75, 3.05) is 38.7 Å². The van der Waals surface area contributed by atoms with E-state index in [-0.39, 0.29) is 55.1 Å². The van der Waals surface area contributed by atoms with Crippen molar-refractivity contribution in [2.45, 2.75) is 19.4 Å². The first-order valence-corrected chi connectivity index (χ1v) is 12.0. The van der Waals surface area contributed by atoms with Gasteiger partial charge in [-0.3, -0.25) is 19.3 Å². The van der Waals surface area contributed by atoms with Crippen molar-refractivity contribution >= 4 is 35.3 Å². The zero-order valence-corrected chi connectivity index (χ0v) is 20.9. The number of hydrogen-bond acceptors (Lipinski definition) is 9. The molecule has 198 valence electrons. The Labute approximate surface area is 218 Å². The highest BCUT2D eigenvalue weighted by atomic mass is 16.5. The molecule has 0 spiro atoms. The van der Waals surface area contributed by atoms with Crippen molar-refractivity contribution in [3.8, 4) is 0 Å². The van der Waals surface area contributed by atoms with Gasteiger partial charge in [-0.1, -0.05) is 24.3 Å². The molecule has 0 radical (unpaired) electrons. The van der Waals surface area contributed by atoms with Crippen LogP contribution in [0.4, 0.5) is 5.69 Å². The van der Waals surface area contributed by atoms with Crippen molar-refractivity contribution < 1.29 is 38.6 Å². The van der Waals surface area contributed by atoms with E-state index >= 15 is 0 Å². The molecule has 2 aliphatic heterocycles. The molecule has 4 rings (SSSR count). The van der Waals surface area contributed by atoms with Crippen molar-refractivity contribution in [1.82, 2.24) is 9.80 Å². The zero-order valence-electron chi connectivity index (χ0n) is 20.9. The number of methoxy groups -OCH3 is 1. The summed E-state index contributed by atoms with van der Waals surface area (Å²) in [5.74, 6) is -2.92. The maximum Gasteiger partial charge on any atom is 0.337 e. The van der Waals surface area contributed by atoms with Crippen LogP contribution in [0.3, 0.4) is 0 Å². The Morgan fingerprint density at radius 1 is 1.00 bits per heavy atom. The minimum atomic E-state index is -1.17. The molecule has 3 amide bonds. The van der Waals surface area contributed by atoms with Gasteiger partial charge in [0.25, 0.3) is 17.7 Å². The van der Waals surface area contributed by atoms with Crippen molar-refractivity contribution in [3.63, 3.8) is 0 Å². The summed E-state index contributed by atoms with van der Waals surface area (Å²) < 4.78 is 9.97. The summed E-state index contributed by atoms with van der Waals surface area (Å²) in [6.07, 6.45) is 0.0178. The minimum Gasteiger partial charge on any atom is -0.466 e. The molecule has 0 aromatic heterocycles. The van der Waals surface area contributed by atoms with Gasteiger partial charge in [0.15, 0.2) is 0 Å². The van der Waals surface area contributed by atoms with Crippen LogP contribution < -0.4 is 5.32 Å². The van der Waals surface area contributed by atoms with Crippen LogP contribution in [-0.2, 0) is 30.3 Å². The average Bonchev–Trinajstić information content (AvgIpc) is 3.36. The lowest BCUT2D eigenvalue weighted by Gasteiger charge is -2.24. The van der Waals surface area contributed by atoms with Gasteiger partial charge in [-0.2, -0.15) is 0 Å².